The van der Waals surface area contributed by atoms with E-state index in [1.165, 1.54) is 18.2 Å². The number of nitrogens with zero attached hydrogens (tertiary/aromatic N) is 2. The Kier molecular flexibility index (Phi) is 7.48. The number of carbonyl (C=O) groups is 2. The van der Waals surface area contributed by atoms with Gasteiger partial charge in [0.05, 0.1) is 19.8 Å². The van der Waals surface area contributed by atoms with E-state index in [1.807, 2.05) is 4.90 Å². The van der Waals surface area contributed by atoms with Crippen LogP contribution in [0.25, 0.3) is 0 Å². The molecule has 2 aliphatic rings. The summed E-state index contributed by atoms with van der Waals surface area (Å²) in [6, 6.07) is 4.11. The number of methoxy groups -OCH3 is 1. The SMILES string of the molecule is COCCOc1cc(F)ccc1CC(=O)CC1=NC(N2CCOCC2)=CC(=O)C1. The number of aliphatic imine (C=N–C) groups is 1. The van der Waals surface area contributed by atoms with Crippen molar-refractivity contribution in [2.24, 2.45) is 4.99 Å². The normalized spacial score (nSPS) is 17.0. The zero-order chi connectivity index (χ0) is 20.6. The second-order valence-electron chi connectivity index (χ2n) is 6.91. The fourth-order valence-electron chi connectivity index (χ4n) is 3.23. The Hall–Kier alpha value is -2.58. The van der Waals surface area contributed by atoms with Crippen molar-refractivity contribution in [3.63, 3.8) is 0 Å². The van der Waals surface area contributed by atoms with Crippen molar-refractivity contribution in [3.05, 3.63) is 41.5 Å². The summed E-state index contributed by atoms with van der Waals surface area (Å²) in [6.07, 6.45) is 1.82. The van der Waals surface area contributed by atoms with Crippen molar-refractivity contribution < 1.29 is 28.2 Å². The molecule has 29 heavy (non-hydrogen) atoms. The fourth-order valence-corrected chi connectivity index (χ4v) is 3.23. The number of carbonyl (C=O) groups excluding carboxylic acids is 2. The zero-order valence-electron chi connectivity index (χ0n) is 16.5. The van der Waals surface area contributed by atoms with Crippen molar-refractivity contribution in [3.8, 4) is 5.75 Å². The van der Waals surface area contributed by atoms with E-state index in [-0.39, 0.29) is 37.4 Å². The summed E-state index contributed by atoms with van der Waals surface area (Å²) in [6.45, 7) is 3.14. The van der Waals surface area contributed by atoms with Gasteiger partial charge >= 0.3 is 0 Å². The first-order valence-corrected chi connectivity index (χ1v) is 9.60. The lowest BCUT2D eigenvalue weighted by Crippen LogP contribution is -2.36. The molecule has 1 saturated heterocycles. The largest absolute Gasteiger partial charge is 0.491 e. The van der Waals surface area contributed by atoms with Crippen molar-refractivity contribution >= 4 is 17.3 Å². The second kappa shape index (κ2) is 10.3. The minimum Gasteiger partial charge on any atom is -0.491 e. The van der Waals surface area contributed by atoms with Crippen molar-refractivity contribution in [2.45, 2.75) is 19.3 Å². The highest BCUT2D eigenvalue weighted by molar-refractivity contribution is 6.14. The Morgan fingerprint density at radius 3 is 2.79 bits per heavy atom. The molecule has 0 spiro atoms. The Morgan fingerprint density at radius 1 is 1.24 bits per heavy atom. The molecule has 1 fully saturated rings. The summed E-state index contributed by atoms with van der Waals surface area (Å²) in [4.78, 5) is 31.2. The summed E-state index contributed by atoms with van der Waals surface area (Å²) < 4.78 is 29.4. The summed E-state index contributed by atoms with van der Waals surface area (Å²) in [5.41, 5.74) is 1.15. The third-order valence-corrected chi connectivity index (χ3v) is 4.64. The molecule has 1 aromatic carbocycles. The average molecular weight is 404 g/mol. The van der Waals surface area contributed by atoms with Crippen LogP contribution in [0.15, 0.2) is 35.1 Å². The number of ether oxygens (including phenoxy) is 3. The van der Waals surface area contributed by atoms with E-state index in [0.717, 1.165) is 0 Å². The Balaban J connectivity index is 1.65. The summed E-state index contributed by atoms with van der Waals surface area (Å²) in [5, 5.41) is 0. The maximum atomic E-state index is 13.6. The molecule has 0 aromatic heterocycles. The number of rotatable bonds is 9. The van der Waals surface area contributed by atoms with Crippen LogP contribution in [-0.2, 0) is 25.5 Å². The van der Waals surface area contributed by atoms with Gasteiger partial charge in [0.25, 0.3) is 0 Å². The average Bonchev–Trinajstić information content (AvgIpc) is 2.70. The molecule has 0 aliphatic carbocycles. The number of hydrogen-bond donors (Lipinski definition) is 0. The molecular formula is C21H25FN2O5. The van der Waals surface area contributed by atoms with Crippen LogP contribution in [-0.4, -0.2) is 68.8 Å². The lowest BCUT2D eigenvalue weighted by molar-refractivity contribution is -0.117. The number of morpholine rings is 1. The van der Waals surface area contributed by atoms with Crippen LogP contribution < -0.4 is 4.74 Å². The molecule has 2 aliphatic heterocycles. The number of benzene rings is 1. The van der Waals surface area contributed by atoms with Crippen LogP contribution in [0.5, 0.6) is 5.75 Å². The van der Waals surface area contributed by atoms with Gasteiger partial charge in [-0.25, -0.2) is 9.38 Å². The molecule has 0 radical (unpaired) electrons. The van der Waals surface area contributed by atoms with Crippen LogP contribution in [0.1, 0.15) is 18.4 Å². The Bertz CT molecular complexity index is 815. The monoisotopic (exact) mass is 404 g/mol. The van der Waals surface area contributed by atoms with E-state index >= 15 is 0 Å². The van der Waals surface area contributed by atoms with Crippen LogP contribution in [0, 0.1) is 5.82 Å². The Labute approximate surface area is 169 Å². The summed E-state index contributed by atoms with van der Waals surface area (Å²) in [7, 11) is 1.55. The number of hydrogen-bond acceptors (Lipinski definition) is 7. The lowest BCUT2D eigenvalue weighted by atomic mass is 10.0. The number of halogens is 1. The van der Waals surface area contributed by atoms with Gasteiger partial charge in [0.2, 0.25) is 0 Å². The maximum absolute atomic E-state index is 13.6. The van der Waals surface area contributed by atoms with E-state index in [2.05, 4.69) is 4.99 Å². The molecular weight excluding hydrogens is 379 g/mol. The highest BCUT2D eigenvalue weighted by Gasteiger charge is 2.22. The van der Waals surface area contributed by atoms with Crippen LogP contribution in [0.2, 0.25) is 0 Å². The van der Waals surface area contributed by atoms with Gasteiger partial charge in [0.1, 0.15) is 29.8 Å². The topological polar surface area (TPSA) is 77.4 Å². The molecule has 8 heteroatoms. The zero-order valence-corrected chi connectivity index (χ0v) is 16.5. The molecule has 2 heterocycles. The van der Waals surface area contributed by atoms with Crippen LogP contribution >= 0.6 is 0 Å². The molecule has 3 rings (SSSR count). The first kappa shape index (κ1) is 21.1. The third kappa shape index (κ3) is 6.20. The number of Topliss-reactive ketones (excluding diaryl/α,β-unsaturated/α-hetero) is 1. The summed E-state index contributed by atoms with van der Waals surface area (Å²) in [5.74, 6) is 0.317. The van der Waals surface area contributed by atoms with Gasteiger partial charge in [0, 0.05) is 62.9 Å². The predicted octanol–water partition coefficient (Wildman–Crippen LogP) is 1.94. The van der Waals surface area contributed by atoms with E-state index in [9.17, 15) is 14.0 Å². The van der Waals surface area contributed by atoms with E-state index in [1.54, 1.807) is 13.2 Å². The van der Waals surface area contributed by atoms with Gasteiger partial charge < -0.3 is 19.1 Å². The molecule has 7 nitrogen and oxygen atoms in total. The molecule has 0 saturated carbocycles. The lowest BCUT2D eigenvalue weighted by Gasteiger charge is -2.30. The molecule has 0 atom stereocenters. The quantitative estimate of drug-likeness (QED) is 0.586. The highest BCUT2D eigenvalue weighted by atomic mass is 19.1. The van der Waals surface area contributed by atoms with Gasteiger partial charge in [-0.15, -0.1) is 0 Å². The molecule has 0 unspecified atom stereocenters. The third-order valence-electron chi connectivity index (χ3n) is 4.64. The fraction of sp³-hybridized carbons (Fsp3) is 0.476. The minimum atomic E-state index is -0.434. The molecule has 0 amide bonds. The van der Waals surface area contributed by atoms with Crippen molar-refractivity contribution in [2.75, 3.05) is 46.6 Å². The molecule has 1 aromatic rings. The maximum Gasteiger partial charge on any atom is 0.164 e. The Morgan fingerprint density at radius 2 is 2.03 bits per heavy atom. The first-order valence-electron chi connectivity index (χ1n) is 9.60. The summed E-state index contributed by atoms with van der Waals surface area (Å²) >= 11 is 0. The first-order chi connectivity index (χ1) is 14.0. The second-order valence-corrected chi connectivity index (χ2v) is 6.91. The van der Waals surface area contributed by atoms with E-state index < -0.39 is 5.82 Å². The van der Waals surface area contributed by atoms with Crippen LogP contribution in [0.4, 0.5) is 4.39 Å². The number of allylic oxidation sites excluding steroid dienone is 1. The van der Waals surface area contributed by atoms with Crippen molar-refractivity contribution in [1.29, 1.82) is 0 Å². The number of ketones is 2. The van der Waals surface area contributed by atoms with Gasteiger partial charge in [-0.2, -0.15) is 0 Å². The highest BCUT2D eigenvalue weighted by Crippen LogP contribution is 2.22. The van der Waals surface area contributed by atoms with Gasteiger partial charge in [-0.05, 0) is 6.07 Å². The van der Waals surface area contributed by atoms with E-state index in [0.29, 0.717) is 55.8 Å². The molecule has 0 N–H and O–H groups in total. The van der Waals surface area contributed by atoms with Gasteiger partial charge in [-0.1, -0.05) is 6.07 Å². The molecule has 156 valence electrons. The standard InChI is InChI=1S/C21H25FN2O5/c1-27-8-9-29-20-11-16(22)3-2-15(20)10-18(25)12-17-13-19(26)14-21(23-17)24-4-6-28-7-5-24/h2-3,11,14H,4-10,12-13H2,1H3. The van der Waals surface area contributed by atoms with Gasteiger partial charge in [-0.3, -0.25) is 9.59 Å². The van der Waals surface area contributed by atoms with E-state index in [4.69, 9.17) is 14.2 Å². The predicted molar refractivity (Wildman–Crippen MR) is 105 cm³/mol. The van der Waals surface area contributed by atoms with Crippen LogP contribution in [0.3, 0.4) is 0 Å². The minimum absolute atomic E-state index is 0.0605. The molecule has 0 bridgehead atoms. The van der Waals surface area contributed by atoms with Crippen molar-refractivity contribution in [1.82, 2.24) is 4.90 Å². The van der Waals surface area contributed by atoms with Gasteiger partial charge in [0.15, 0.2) is 5.78 Å². The smallest absolute Gasteiger partial charge is 0.164 e.